The van der Waals surface area contributed by atoms with Crippen molar-refractivity contribution in [1.29, 1.82) is 0 Å². The van der Waals surface area contributed by atoms with Crippen molar-refractivity contribution < 1.29 is 31.1 Å². The summed E-state index contributed by atoms with van der Waals surface area (Å²) in [5.41, 5.74) is -1.68. The summed E-state index contributed by atoms with van der Waals surface area (Å²) < 4.78 is 78.9. The third-order valence-electron chi connectivity index (χ3n) is 4.61. The van der Waals surface area contributed by atoms with E-state index in [1.165, 1.54) is 25.6 Å². The molecule has 0 aliphatic heterocycles. The minimum absolute atomic E-state index is 0.0212. The van der Waals surface area contributed by atoms with Crippen LogP contribution in [0.5, 0.6) is 0 Å². The van der Waals surface area contributed by atoms with E-state index < -0.39 is 35.0 Å². The maximum Gasteiger partial charge on any atom is 0.416 e. The average molecular weight is 439 g/mol. The van der Waals surface area contributed by atoms with E-state index in [1.54, 1.807) is 25.3 Å². The third-order valence-corrected chi connectivity index (χ3v) is 4.61. The Morgan fingerprint density at radius 2 is 1.35 bits per heavy atom. The van der Waals surface area contributed by atoms with Gasteiger partial charge in [-0.3, -0.25) is 14.8 Å². The summed E-state index contributed by atoms with van der Waals surface area (Å²) >= 11 is 0. The van der Waals surface area contributed by atoms with Crippen molar-refractivity contribution in [2.75, 3.05) is 11.9 Å². The molecule has 0 N–H and O–H groups in total. The number of amides is 1. The van der Waals surface area contributed by atoms with Gasteiger partial charge in [-0.1, -0.05) is 0 Å². The number of carbonyl (C=O) groups excluding carboxylic acids is 1. The lowest BCUT2D eigenvalue weighted by Crippen LogP contribution is -2.28. The number of aryl methyl sites for hydroxylation is 1. The van der Waals surface area contributed by atoms with E-state index in [-0.39, 0.29) is 11.8 Å². The maximum atomic E-state index is 13.1. The van der Waals surface area contributed by atoms with Crippen LogP contribution in [0.4, 0.5) is 32.0 Å². The van der Waals surface area contributed by atoms with E-state index in [0.29, 0.717) is 23.3 Å². The van der Waals surface area contributed by atoms with Crippen LogP contribution in [0.1, 0.15) is 27.0 Å². The quantitative estimate of drug-likeness (QED) is 0.487. The Kier molecular flexibility index (Phi) is 5.75. The Morgan fingerprint density at radius 3 is 1.87 bits per heavy atom. The molecular weight excluding hydrogens is 424 g/mol. The van der Waals surface area contributed by atoms with Crippen LogP contribution in [0.25, 0.3) is 11.1 Å². The highest BCUT2D eigenvalue weighted by molar-refractivity contribution is 6.08. The maximum absolute atomic E-state index is 13.1. The molecule has 162 valence electrons. The van der Waals surface area contributed by atoms with Crippen molar-refractivity contribution in [2.45, 2.75) is 19.3 Å². The molecule has 31 heavy (non-hydrogen) atoms. The highest BCUT2D eigenvalue weighted by Crippen LogP contribution is 2.37. The Hall–Kier alpha value is -3.43. The van der Waals surface area contributed by atoms with Crippen molar-refractivity contribution in [1.82, 2.24) is 9.97 Å². The second kappa shape index (κ2) is 8.01. The van der Waals surface area contributed by atoms with Crippen LogP contribution in [0.2, 0.25) is 0 Å². The summed E-state index contributed by atoms with van der Waals surface area (Å²) in [6, 6.07) is 4.06. The van der Waals surface area contributed by atoms with Gasteiger partial charge in [0.15, 0.2) is 0 Å². The number of hydrogen-bond donors (Lipinski definition) is 0. The fourth-order valence-corrected chi connectivity index (χ4v) is 3.04. The van der Waals surface area contributed by atoms with Gasteiger partial charge in [0.25, 0.3) is 5.91 Å². The largest absolute Gasteiger partial charge is 0.416 e. The van der Waals surface area contributed by atoms with Crippen LogP contribution in [0, 0.1) is 6.92 Å². The van der Waals surface area contributed by atoms with Gasteiger partial charge in [0.1, 0.15) is 0 Å². The normalized spacial score (nSPS) is 12.0. The lowest BCUT2D eigenvalue weighted by atomic mass is 10.0. The Morgan fingerprint density at radius 1 is 0.839 bits per heavy atom. The molecule has 1 aromatic carbocycles. The summed E-state index contributed by atoms with van der Waals surface area (Å²) in [6.07, 6.45) is -4.22. The smallest absolute Gasteiger partial charge is 0.309 e. The number of benzene rings is 1. The van der Waals surface area contributed by atoms with Crippen molar-refractivity contribution >= 4 is 11.6 Å². The predicted molar refractivity (Wildman–Crippen MR) is 101 cm³/mol. The van der Waals surface area contributed by atoms with Gasteiger partial charge < -0.3 is 4.90 Å². The molecule has 1 amide bonds. The van der Waals surface area contributed by atoms with Crippen LogP contribution < -0.4 is 4.90 Å². The predicted octanol–water partition coefficient (Wildman–Crippen LogP) is 5.77. The summed E-state index contributed by atoms with van der Waals surface area (Å²) in [5, 5.41) is 0. The molecule has 0 aliphatic rings. The number of halogens is 6. The summed E-state index contributed by atoms with van der Waals surface area (Å²) in [7, 11) is 1.26. The van der Waals surface area contributed by atoms with Gasteiger partial charge in [0, 0.05) is 36.8 Å². The minimum atomic E-state index is -5.05. The molecule has 0 fully saturated rings. The Labute approximate surface area is 173 Å². The van der Waals surface area contributed by atoms with Crippen molar-refractivity contribution in [3.63, 3.8) is 0 Å². The standard InChI is InChI=1S/C21H15F6N3O/c1-12-10-28-5-3-16(12)17-4-6-29-11-18(17)30(2)19(31)13-7-14(20(22,23)24)9-15(8-13)21(25,26)27/h3-11H,1-2H3. The van der Waals surface area contributed by atoms with E-state index in [0.717, 1.165) is 10.5 Å². The number of carbonyl (C=O) groups is 1. The average Bonchev–Trinajstić information content (AvgIpc) is 2.71. The molecule has 10 heteroatoms. The SMILES string of the molecule is Cc1cnccc1-c1ccncc1N(C)C(=O)c1cc(C(F)(F)F)cc(C(F)(F)F)c1. The molecule has 4 nitrogen and oxygen atoms in total. The zero-order valence-corrected chi connectivity index (χ0v) is 16.2. The van der Waals surface area contributed by atoms with Gasteiger partial charge in [0.05, 0.1) is 23.0 Å². The van der Waals surface area contributed by atoms with Gasteiger partial charge in [-0.05, 0) is 48.4 Å². The molecule has 0 saturated carbocycles. The van der Waals surface area contributed by atoms with Gasteiger partial charge in [-0.25, -0.2) is 0 Å². The van der Waals surface area contributed by atoms with Crippen molar-refractivity contribution in [2.24, 2.45) is 0 Å². The molecule has 0 saturated heterocycles. The van der Waals surface area contributed by atoms with Crippen LogP contribution in [-0.4, -0.2) is 22.9 Å². The number of hydrogen-bond acceptors (Lipinski definition) is 3. The zero-order chi connectivity index (χ0) is 23.0. The number of rotatable bonds is 3. The first-order valence-corrected chi connectivity index (χ1v) is 8.82. The number of nitrogens with zero attached hydrogens (tertiary/aromatic N) is 3. The lowest BCUT2D eigenvalue weighted by molar-refractivity contribution is -0.143. The third kappa shape index (κ3) is 4.68. The molecule has 0 unspecified atom stereocenters. The van der Waals surface area contributed by atoms with Crippen molar-refractivity contribution in [3.05, 3.63) is 77.4 Å². The van der Waals surface area contributed by atoms with Gasteiger partial charge in [0.2, 0.25) is 0 Å². The molecule has 2 heterocycles. The van der Waals surface area contributed by atoms with Crippen LogP contribution in [0.15, 0.2) is 55.1 Å². The monoisotopic (exact) mass is 439 g/mol. The topological polar surface area (TPSA) is 46.1 Å². The second-order valence-electron chi connectivity index (χ2n) is 6.74. The Balaban J connectivity index is 2.10. The molecular formula is C21H15F6N3O. The second-order valence-corrected chi connectivity index (χ2v) is 6.74. The fraction of sp³-hybridized carbons (Fsp3) is 0.190. The molecule has 2 aromatic heterocycles. The molecule has 0 aliphatic carbocycles. The van der Waals surface area contributed by atoms with E-state index in [1.807, 2.05) is 0 Å². The number of anilines is 1. The lowest BCUT2D eigenvalue weighted by Gasteiger charge is -2.22. The minimum Gasteiger partial charge on any atom is -0.309 e. The summed E-state index contributed by atoms with van der Waals surface area (Å²) in [4.78, 5) is 21.8. The number of pyridine rings is 2. The van der Waals surface area contributed by atoms with Crippen molar-refractivity contribution in [3.8, 4) is 11.1 Å². The molecule has 0 atom stereocenters. The molecule has 3 rings (SSSR count). The summed E-state index contributed by atoms with van der Waals surface area (Å²) in [6.45, 7) is 1.77. The molecule has 0 radical (unpaired) electrons. The highest BCUT2D eigenvalue weighted by Gasteiger charge is 2.38. The Bertz CT molecular complexity index is 1090. The first-order chi connectivity index (χ1) is 14.4. The van der Waals surface area contributed by atoms with E-state index in [9.17, 15) is 31.1 Å². The number of aromatic nitrogens is 2. The van der Waals surface area contributed by atoms with E-state index >= 15 is 0 Å². The van der Waals surface area contributed by atoms with Crippen LogP contribution in [0.3, 0.4) is 0 Å². The van der Waals surface area contributed by atoms with E-state index in [2.05, 4.69) is 9.97 Å². The first-order valence-electron chi connectivity index (χ1n) is 8.82. The first kappa shape index (κ1) is 22.3. The van der Waals surface area contributed by atoms with Gasteiger partial charge >= 0.3 is 12.4 Å². The number of alkyl halides is 6. The molecule has 3 aromatic rings. The zero-order valence-electron chi connectivity index (χ0n) is 16.2. The van der Waals surface area contributed by atoms with Gasteiger partial charge in [-0.2, -0.15) is 26.3 Å². The van der Waals surface area contributed by atoms with Crippen LogP contribution >= 0.6 is 0 Å². The highest BCUT2D eigenvalue weighted by atomic mass is 19.4. The fourth-order valence-electron chi connectivity index (χ4n) is 3.04. The molecule has 0 spiro atoms. The van der Waals surface area contributed by atoms with E-state index in [4.69, 9.17) is 0 Å². The van der Waals surface area contributed by atoms with Gasteiger partial charge in [-0.15, -0.1) is 0 Å². The summed E-state index contributed by atoms with van der Waals surface area (Å²) in [5.74, 6) is -1.04. The van der Waals surface area contributed by atoms with Crippen LogP contribution in [-0.2, 0) is 12.4 Å². The molecule has 0 bridgehead atoms.